The van der Waals surface area contributed by atoms with Gasteiger partial charge in [-0.05, 0) is 44.9 Å². The van der Waals surface area contributed by atoms with Crippen LogP contribution in [-0.4, -0.2) is 25.9 Å². The fourth-order valence-corrected chi connectivity index (χ4v) is 3.52. The van der Waals surface area contributed by atoms with Crippen molar-refractivity contribution in [3.63, 3.8) is 0 Å². The first kappa shape index (κ1) is 16.6. The van der Waals surface area contributed by atoms with Gasteiger partial charge in [-0.15, -0.1) is 10.2 Å². The van der Waals surface area contributed by atoms with Crippen molar-refractivity contribution in [2.24, 2.45) is 0 Å². The Kier molecular flexibility index (Phi) is 4.85. The summed E-state index contributed by atoms with van der Waals surface area (Å²) in [7, 11) is 0. The number of halogens is 2. The third-order valence-electron chi connectivity index (χ3n) is 3.58. The Hall–Kier alpha value is -1.24. The number of thioether (sulfide) groups is 1. The summed E-state index contributed by atoms with van der Waals surface area (Å²) in [5.41, 5.74) is 0.511. The molecular formula is C15H16Cl2N4OS. The van der Waals surface area contributed by atoms with E-state index in [-0.39, 0.29) is 11.2 Å². The van der Waals surface area contributed by atoms with Crippen molar-refractivity contribution in [2.45, 2.75) is 43.1 Å². The zero-order valence-electron chi connectivity index (χ0n) is 12.7. The van der Waals surface area contributed by atoms with Crippen LogP contribution in [0.4, 0.5) is 5.69 Å². The van der Waals surface area contributed by atoms with Gasteiger partial charge in [0.15, 0.2) is 5.16 Å². The molecule has 1 heterocycles. The van der Waals surface area contributed by atoms with Crippen LogP contribution < -0.4 is 5.32 Å². The molecule has 122 valence electrons. The highest BCUT2D eigenvalue weighted by molar-refractivity contribution is 8.00. The summed E-state index contributed by atoms with van der Waals surface area (Å²) in [6.07, 6.45) is 2.29. The summed E-state index contributed by atoms with van der Waals surface area (Å²) in [5, 5.41) is 12.5. The molecule has 1 aromatic carbocycles. The Morgan fingerprint density at radius 1 is 1.39 bits per heavy atom. The number of benzene rings is 1. The summed E-state index contributed by atoms with van der Waals surface area (Å²) >= 11 is 13.4. The lowest BCUT2D eigenvalue weighted by Crippen LogP contribution is -2.23. The average Bonchev–Trinajstić information content (AvgIpc) is 3.27. The number of nitrogens with one attached hydrogen (secondary N) is 1. The molecule has 5 nitrogen and oxygen atoms in total. The zero-order chi connectivity index (χ0) is 16.6. The van der Waals surface area contributed by atoms with Crippen LogP contribution in [0.1, 0.15) is 31.6 Å². The van der Waals surface area contributed by atoms with Crippen LogP contribution >= 0.6 is 35.0 Å². The second kappa shape index (κ2) is 6.71. The van der Waals surface area contributed by atoms with Crippen molar-refractivity contribution in [1.29, 1.82) is 0 Å². The molecule has 0 radical (unpaired) electrons. The number of nitrogens with zero attached hydrogens (tertiary/aromatic N) is 3. The summed E-state index contributed by atoms with van der Waals surface area (Å²) < 4.78 is 2.11. The SMILES string of the molecule is Cc1nnc(S[C@H](C)C(=O)Nc2cc(Cl)ccc2Cl)n1C1CC1. The van der Waals surface area contributed by atoms with Crippen LogP contribution in [0.5, 0.6) is 0 Å². The summed E-state index contributed by atoms with van der Waals surface area (Å²) in [4.78, 5) is 12.4. The second-order valence-electron chi connectivity index (χ2n) is 5.50. The lowest BCUT2D eigenvalue weighted by molar-refractivity contribution is -0.115. The Bertz CT molecular complexity index is 745. The van der Waals surface area contributed by atoms with Crippen molar-refractivity contribution in [3.05, 3.63) is 34.1 Å². The molecule has 0 saturated heterocycles. The first-order valence-electron chi connectivity index (χ1n) is 7.30. The van der Waals surface area contributed by atoms with E-state index in [0.29, 0.717) is 21.8 Å². The molecule has 2 aromatic rings. The average molecular weight is 371 g/mol. The van der Waals surface area contributed by atoms with Gasteiger partial charge in [0, 0.05) is 11.1 Å². The van der Waals surface area contributed by atoms with E-state index in [1.165, 1.54) is 11.8 Å². The minimum atomic E-state index is -0.328. The van der Waals surface area contributed by atoms with Crippen molar-refractivity contribution >= 4 is 46.6 Å². The number of amides is 1. The normalized spacial score (nSPS) is 15.5. The van der Waals surface area contributed by atoms with Crippen LogP contribution in [0.25, 0.3) is 0 Å². The smallest absolute Gasteiger partial charge is 0.237 e. The maximum Gasteiger partial charge on any atom is 0.237 e. The highest BCUT2D eigenvalue weighted by Crippen LogP contribution is 2.39. The van der Waals surface area contributed by atoms with Gasteiger partial charge in [-0.2, -0.15) is 0 Å². The van der Waals surface area contributed by atoms with Crippen molar-refractivity contribution < 1.29 is 4.79 Å². The predicted molar refractivity (Wildman–Crippen MR) is 93.4 cm³/mol. The van der Waals surface area contributed by atoms with E-state index in [1.54, 1.807) is 18.2 Å². The van der Waals surface area contributed by atoms with Gasteiger partial charge in [0.05, 0.1) is 16.0 Å². The first-order chi connectivity index (χ1) is 11.0. The number of hydrogen-bond donors (Lipinski definition) is 1. The van der Waals surface area contributed by atoms with Gasteiger partial charge in [0.2, 0.25) is 5.91 Å². The highest BCUT2D eigenvalue weighted by atomic mass is 35.5. The monoisotopic (exact) mass is 370 g/mol. The van der Waals surface area contributed by atoms with E-state index in [9.17, 15) is 4.79 Å². The van der Waals surface area contributed by atoms with Crippen LogP contribution in [0, 0.1) is 6.92 Å². The molecule has 1 aromatic heterocycles. The maximum absolute atomic E-state index is 12.4. The van der Waals surface area contributed by atoms with Gasteiger partial charge in [0.25, 0.3) is 0 Å². The predicted octanol–water partition coefficient (Wildman–Crippen LogP) is 4.35. The number of aromatic nitrogens is 3. The summed E-state index contributed by atoms with van der Waals surface area (Å²) in [5.74, 6) is 0.739. The highest BCUT2D eigenvalue weighted by Gasteiger charge is 2.29. The largest absolute Gasteiger partial charge is 0.324 e. The molecule has 8 heteroatoms. The third-order valence-corrected chi connectivity index (χ3v) is 5.21. The lowest BCUT2D eigenvalue weighted by Gasteiger charge is -2.13. The molecule has 3 rings (SSSR count). The van der Waals surface area contributed by atoms with Crippen molar-refractivity contribution in [1.82, 2.24) is 14.8 Å². The molecule has 1 aliphatic carbocycles. The Labute approximate surface area is 148 Å². The Morgan fingerprint density at radius 2 is 2.13 bits per heavy atom. The van der Waals surface area contributed by atoms with E-state index in [2.05, 4.69) is 20.1 Å². The quantitative estimate of drug-likeness (QED) is 0.794. The number of aryl methyl sites for hydroxylation is 1. The van der Waals surface area contributed by atoms with Gasteiger partial charge in [0.1, 0.15) is 5.82 Å². The molecule has 1 amide bonds. The van der Waals surface area contributed by atoms with E-state index < -0.39 is 0 Å². The van der Waals surface area contributed by atoms with Crippen molar-refractivity contribution in [3.8, 4) is 0 Å². The first-order valence-corrected chi connectivity index (χ1v) is 8.93. The molecule has 0 unspecified atom stereocenters. The lowest BCUT2D eigenvalue weighted by atomic mass is 10.3. The molecular weight excluding hydrogens is 355 g/mol. The molecule has 23 heavy (non-hydrogen) atoms. The van der Waals surface area contributed by atoms with Crippen LogP contribution in [-0.2, 0) is 4.79 Å². The van der Waals surface area contributed by atoms with E-state index in [1.807, 2.05) is 13.8 Å². The number of hydrogen-bond acceptors (Lipinski definition) is 4. The van der Waals surface area contributed by atoms with E-state index in [4.69, 9.17) is 23.2 Å². The molecule has 0 aliphatic heterocycles. The summed E-state index contributed by atoms with van der Waals surface area (Å²) in [6.45, 7) is 3.77. The molecule has 0 spiro atoms. The Morgan fingerprint density at radius 3 is 2.83 bits per heavy atom. The molecule has 1 fully saturated rings. The van der Waals surface area contributed by atoms with Gasteiger partial charge in [-0.25, -0.2) is 0 Å². The minimum Gasteiger partial charge on any atom is -0.324 e. The standard InChI is InChI=1S/C15H16Cl2N4OS/c1-8(14(22)18-13-7-10(16)3-6-12(13)17)23-15-20-19-9(2)21(15)11-4-5-11/h3,6-8,11H,4-5H2,1-2H3,(H,18,22)/t8-/m1/s1. The van der Waals surface area contributed by atoms with Gasteiger partial charge in [-0.1, -0.05) is 35.0 Å². The summed E-state index contributed by atoms with van der Waals surface area (Å²) in [6, 6.07) is 5.45. The van der Waals surface area contributed by atoms with Gasteiger partial charge >= 0.3 is 0 Å². The molecule has 1 N–H and O–H groups in total. The van der Waals surface area contributed by atoms with Crippen LogP contribution in [0.15, 0.2) is 23.4 Å². The van der Waals surface area contributed by atoms with Gasteiger partial charge < -0.3 is 9.88 Å². The molecule has 1 aliphatic rings. The Balaban J connectivity index is 1.69. The maximum atomic E-state index is 12.4. The van der Waals surface area contributed by atoms with E-state index in [0.717, 1.165) is 23.8 Å². The fourth-order valence-electron chi connectivity index (χ4n) is 2.22. The van der Waals surface area contributed by atoms with Crippen molar-refractivity contribution in [2.75, 3.05) is 5.32 Å². The number of carbonyl (C=O) groups is 1. The number of carbonyl (C=O) groups excluding carboxylic acids is 1. The van der Waals surface area contributed by atoms with E-state index >= 15 is 0 Å². The number of rotatable bonds is 5. The molecule has 0 bridgehead atoms. The second-order valence-corrected chi connectivity index (χ2v) is 7.66. The zero-order valence-corrected chi connectivity index (χ0v) is 15.0. The van der Waals surface area contributed by atoms with Gasteiger partial charge in [-0.3, -0.25) is 4.79 Å². The minimum absolute atomic E-state index is 0.151. The number of anilines is 1. The third kappa shape index (κ3) is 3.82. The van der Waals surface area contributed by atoms with Crippen LogP contribution in [0.2, 0.25) is 10.0 Å². The molecule has 1 saturated carbocycles. The fraction of sp³-hybridized carbons (Fsp3) is 0.400. The molecule has 1 atom stereocenters. The van der Waals surface area contributed by atoms with Crippen LogP contribution in [0.3, 0.4) is 0 Å². The topological polar surface area (TPSA) is 59.8 Å².